The van der Waals surface area contributed by atoms with Crippen molar-refractivity contribution in [2.75, 3.05) is 4.90 Å². The van der Waals surface area contributed by atoms with Crippen molar-refractivity contribution in [3.05, 3.63) is 103 Å². The van der Waals surface area contributed by atoms with Gasteiger partial charge in [-0.25, -0.2) is 0 Å². The summed E-state index contributed by atoms with van der Waals surface area (Å²) in [5.41, 5.74) is 5.61. The van der Waals surface area contributed by atoms with Gasteiger partial charge in [0.1, 0.15) is 0 Å². The summed E-state index contributed by atoms with van der Waals surface area (Å²) in [5, 5.41) is 19.4. The first-order chi connectivity index (χ1) is 14.1. The molecule has 0 saturated carbocycles. The number of anilines is 2. The molecular weight excluding hydrogens is 357 g/mol. The summed E-state index contributed by atoms with van der Waals surface area (Å²) in [6.45, 7) is 2.22. The SMILES string of the molecule is CC1C=CC(N(c2ccccc2)c2ccc(-c3ccccc3B(O)O)cc2)=CC1. The maximum atomic E-state index is 9.68. The topological polar surface area (TPSA) is 43.7 Å². The minimum Gasteiger partial charge on any atom is -0.423 e. The highest BCUT2D eigenvalue weighted by molar-refractivity contribution is 6.60. The summed E-state index contributed by atoms with van der Waals surface area (Å²) < 4.78 is 0. The molecule has 3 aromatic carbocycles. The smallest absolute Gasteiger partial charge is 0.423 e. The summed E-state index contributed by atoms with van der Waals surface area (Å²) >= 11 is 0. The Bertz CT molecular complexity index is 1030. The van der Waals surface area contributed by atoms with Gasteiger partial charge >= 0.3 is 7.12 Å². The average molecular weight is 381 g/mol. The Labute approximate surface area is 172 Å². The minimum atomic E-state index is -1.49. The van der Waals surface area contributed by atoms with Gasteiger partial charge in [-0.1, -0.05) is 73.7 Å². The normalized spacial score (nSPS) is 15.7. The summed E-state index contributed by atoms with van der Waals surface area (Å²) in [4.78, 5) is 2.25. The van der Waals surface area contributed by atoms with Gasteiger partial charge in [0.15, 0.2) is 0 Å². The van der Waals surface area contributed by atoms with Gasteiger partial charge in [0, 0.05) is 17.1 Å². The second-order valence-corrected chi connectivity index (χ2v) is 7.38. The lowest BCUT2D eigenvalue weighted by atomic mass is 9.75. The van der Waals surface area contributed by atoms with Gasteiger partial charge in [-0.2, -0.15) is 0 Å². The molecule has 144 valence electrons. The van der Waals surface area contributed by atoms with Crippen molar-refractivity contribution in [1.29, 1.82) is 0 Å². The first-order valence-electron chi connectivity index (χ1n) is 9.92. The first kappa shape index (κ1) is 19.3. The Kier molecular flexibility index (Phi) is 5.65. The molecule has 3 nitrogen and oxygen atoms in total. The van der Waals surface area contributed by atoms with Crippen LogP contribution in [0.15, 0.2) is 103 Å². The van der Waals surface area contributed by atoms with Gasteiger partial charge in [0.2, 0.25) is 0 Å². The van der Waals surface area contributed by atoms with E-state index in [1.807, 2.05) is 48.5 Å². The third-order valence-electron chi connectivity index (χ3n) is 5.24. The molecule has 1 aliphatic rings. The van der Waals surface area contributed by atoms with Gasteiger partial charge < -0.3 is 14.9 Å². The largest absolute Gasteiger partial charge is 0.489 e. The fourth-order valence-corrected chi connectivity index (χ4v) is 3.68. The Morgan fingerprint density at radius 2 is 1.48 bits per heavy atom. The van der Waals surface area contributed by atoms with Crippen molar-refractivity contribution in [3.8, 4) is 11.1 Å². The van der Waals surface area contributed by atoms with Crippen LogP contribution in [0.1, 0.15) is 13.3 Å². The fourth-order valence-electron chi connectivity index (χ4n) is 3.68. The van der Waals surface area contributed by atoms with E-state index < -0.39 is 7.12 Å². The van der Waals surface area contributed by atoms with Crippen LogP contribution in [0.3, 0.4) is 0 Å². The molecule has 1 aliphatic carbocycles. The molecule has 0 heterocycles. The van der Waals surface area contributed by atoms with Gasteiger partial charge in [0.05, 0.1) is 0 Å². The van der Waals surface area contributed by atoms with Crippen LogP contribution in [0.5, 0.6) is 0 Å². The maximum Gasteiger partial charge on any atom is 0.489 e. The summed E-state index contributed by atoms with van der Waals surface area (Å²) in [7, 11) is -1.49. The van der Waals surface area contributed by atoms with E-state index in [2.05, 4.69) is 54.3 Å². The van der Waals surface area contributed by atoms with E-state index in [1.54, 1.807) is 6.07 Å². The predicted molar refractivity (Wildman–Crippen MR) is 121 cm³/mol. The molecule has 0 amide bonds. The molecule has 0 bridgehead atoms. The molecule has 0 aromatic heterocycles. The molecule has 3 aromatic rings. The third-order valence-corrected chi connectivity index (χ3v) is 5.24. The van der Waals surface area contributed by atoms with E-state index >= 15 is 0 Å². The van der Waals surface area contributed by atoms with Crippen LogP contribution in [-0.4, -0.2) is 17.2 Å². The van der Waals surface area contributed by atoms with Crippen LogP contribution in [-0.2, 0) is 0 Å². The van der Waals surface area contributed by atoms with Crippen molar-refractivity contribution in [3.63, 3.8) is 0 Å². The van der Waals surface area contributed by atoms with Crippen LogP contribution in [0, 0.1) is 5.92 Å². The van der Waals surface area contributed by atoms with E-state index in [0.29, 0.717) is 11.4 Å². The van der Waals surface area contributed by atoms with Gasteiger partial charge in [-0.05, 0) is 59.3 Å². The average Bonchev–Trinajstić information content (AvgIpc) is 2.76. The quantitative estimate of drug-likeness (QED) is 0.633. The molecule has 0 aliphatic heterocycles. The number of rotatable bonds is 5. The van der Waals surface area contributed by atoms with Crippen LogP contribution in [0.2, 0.25) is 0 Å². The molecule has 0 spiro atoms. The highest BCUT2D eigenvalue weighted by Crippen LogP contribution is 2.33. The van der Waals surface area contributed by atoms with Crippen molar-refractivity contribution in [2.24, 2.45) is 5.92 Å². The molecule has 2 N–H and O–H groups in total. The van der Waals surface area contributed by atoms with Crippen molar-refractivity contribution in [1.82, 2.24) is 0 Å². The highest BCUT2D eigenvalue weighted by atomic mass is 16.4. The second-order valence-electron chi connectivity index (χ2n) is 7.38. The number of benzene rings is 3. The third kappa shape index (κ3) is 4.19. The molecule has 29 heavy (non-hydrogen) atoms. The zero-order valence-corrected chi connectivity index (χ0v) is 16.4. The molecule has 1 unspecified atom stereocenters. The van der Waals surface area contributed by atoms with E-state index in [1.165, 1.54) is 0 Å². The fraction of sp³-hybridized carbons (Fsp3) is 0.120. The number of allylic oxidation sites excluding steroid dienone is 3. The lowest BCUT2D eigenvalue weighted by Crippen LogP contribution is -2.31. The van der Waals surface area contributed by atoms with Gasteiger partial charge in [-0.3, -0.25) is 0 Å². The Balaban J connectivity index is 1.73. The van der Waals surface area contributed by atoms with E-state index in [-0.39, 0.29) is 0 Å². The Morgan fingerprint density at radius 3 is 2.14 bits per heavy atom. The van der Waals surface area contributed by atoms with E-state index in [0.717, 1.165) is 34.6 Å². The van der Waals surface area contributed by atoms with Crippen LogP contribution in [0.25, 0.3) is 11.1 Å². The Hall–Kier alpha value is -3.08. The molecule has 0 saturated heterocycles. The lowest BCUT2D eigenvalue weighted by Gasteiger charge is -2.28. The van der Waals surface area contributed by atoms with Crippen molar-refractivity contribution >= 4 is 24.0 Å². The van der Waals surface area contributed by atoms with Crippen molar-refractivity contribution in [2.45, 2.75) is 13.3 Å². The number of para-hydroxylation sites is 1. The second kappa shape index (κ2) is 8.52. The van der Waals surface area contributed by atoms with Gasteiger partial charge in [-0.15, -0.1) is 0 Å². The summed E-state index contributed by atoms with van der Waals surface area (Å²) in [6.07, 6.45) is 7.74. The van der Waals surface area contributed by atoms with Crippen LogP contribution < -0.4 is 10.4 Å². The lowest BCUT2D eigenvalue weighted by molar-refractivity contribution is 0.426. The maximum absolute atomic E-state index is 9.68. The summed E-state index contributed by atoms with van der Waals surface area (Å²) in [5.74, 6) is 0.556. The number of nitrogens with zero attached hydrogens (tertiary/aromatic N) is 1. The first-order valence-corrected chi connectivity index (χ1v) is 9.92. The highest BCUT2D eigenvalue weighted by Gasteiger charge is 2.18. The van der Waals surface area contributed by atoms with Crippen LogP contribution >= 0.6 is 0 Å². The van der Waals surface area contributed by atoms with Crippen LogP contribution in [0.4, 0.5) is 11.4 Å². The monoisotopic (exact) mass is 381 g/mol. The van der Waals surface area contributed by atoms with E-state index in [4.69, 9.17) is 0 Å². The van der Waals surface area contributed by atoms with E-state index in [9.17, 15) is 10.0 Å². The number of hydrogen-bond acceptors (Lipinski definition) is 3. The zero-order valence-electron chi connectivity index (χ0n) is 16.4. The Morgan fingerprint density at radius 1 is 0.828 bits per heavy atom. The number of hydrogen-bond donors (Lipinski definition) is 2. The molecule has 0 radical (unpaired) electrons. The zero-order chi connectivity index (χ0) is 20.2. The molecule has 4 heteroatoms. The summed E-state index contributed by atoms with van der Waals surface area (Å²) in [6, 6.07) is 25.9. The molecule has 0 fully saturated rings. The van der Waals surface area contributed by atoms with Gasteiger partial charge in [0.25, 0.3) is 0 Å². The predicted octanol–water partition coefficient (Wildman–Crippen LogP) is 4.65. The minimum absolute atomic E-state index is 0.507. The molecule has 4 rings (SSSR count). The molecule has 1 atom stereocenters. The molecular formula is C25H24BNO2. The standard InChI is InChI=1S/C25H24BNO2/c1-19-11-15-22(16-12-19)27(21-7-3-2-4-8-21)23-17-13-20(14-18-23)24-9-5-6-10-25(24)26(28)29/h2-11,13-19,28-29H,12H2,1H3. The van der Waals surface area contributed by atoms with Crippen molar-refractivity contribution < 1.29 is 10.0 Å².